The molecule has 3 nitrogen and oxygen atoms in total. The molecular formula is C10H12BrNO2S. The first-order chi connectivity index (χ1) is 7.22. The predicted octanol–water partition coefficient (Wildman–Crippen LogP) is 2.11. The molecule has 1 saturated heterocycles. The van der Waals surface area contributed by atoms with Crippen LogP contribution in [0.4, 0.5) is 0 Å². The first-order valence-corrected chi connectivity index (χ1v) is 6.55. The number of aliphatic hydroxyl groups is 1. The molecule has 1 N–H and O–H groups in total. The number of carbonyl (C=O) groups is 1. The van der Waals surface area contributed by atoms with E-state index in [0.717, 1.165) is 23.2 Å². The summed E-state index contributed by atoms with van der Waals surface area (Å²) in [4.78, 5) is 13.8. The number of amides is 1. The first kappa shape index (κ1) is 11.1. The molecule has 1 atom stereocenters. The molecule has 2 rings (SSSR count). The lowest BCUT2D eigenvalue weighted by Gasteiger charge is -2.22. The molecule has 0 saturated carbocycles. The lowest BCUT2D eigenvalue weighted by molar-refractivity contribution is 0.0678. The third-order valence-corrected chi connectivity index (χ3v) is 4.17. The van der Waals surface area contributed by atoms with Gasteiger partial charge in [-0.1, -0.05) is 0 Å². The van der Waals surface area contributed by atoms with Gasteiger partial charge in [0.05, 0.1) is 22.0 Å². The summed E-state index contributed by atoms with van der Waals surface area (Å²) in [6.07, 6.45) is 1.90. The number of carbonyl (C=O) groups excluding carboxylic acids is 1. The van der Waals surface area contributed by atoms with Crippen LogP contribution in [0.5, 0.6) is 0 Å². The zero-order valence-electron chi connectivity index (χ0n) is 8.15. The second kappa shape index (κ2) is 4.63. The fourth-order valence-corrected chi connectivity index (χ4v) is 3.01. The summed E-state index contributed by atoms with van der Waals surface area (Å²) in [7, 11) is 0. The SMILES string of the molecule is O=C(c1csc(Br)c1)N1CCCC1CO. The lowest BCUT2D eigenvalue weighted by Crippen LogP contribution is -2.37. The van der Waals surface area contributed by atoms with Gasteiger partial charge in [-0.05, 0) is 34.8 Å². The van der Waals surface area contributed by atoms with Crippen LogP contribution in [-0.2, 0) is 0 Å². The second-order valence-corrected chi connectivity index (χ2v) is 5.91. The van der Waals surface area contributed by atoms with Crippen molar-refractivity contribution in [2.24, 2.45) is 0 Å². The maximum absolute atomic E-state index is 12.0. The molecule has 15 heavy (non-hydrogen) atoms. The molecular weight excluding hydrogens is 278 g/mol. The summed E-state index contributed by atoms with van der Waals surface area (Å²) >= 11 is 4.85. The van der Waals surface area contributed by atoms with Crippen molar-refractivity contribution < 1.29 is 9.90 Å². The molecule has 1 fully saturated rings. The minimum Gasteiger partial charge on any atom is -0.394 e. The third-order valence-electron chi connectivity index (χ3n) is 2.66. The summed E-state index contributed by atoms with van der Waals surface area (Å²) in [6.45, 7) is 0.828. The van der Waals surface area contributed by atoms with Crippen molar-refractivity contribution in [1.82, 2.24) is 4.90 Å². The quantitative estimate of drug-likeness (QED) is 0.906. The number of likely N-dealkylation sites (tertiary alicyclic amines) is 1. The maximum atomic E-state index is 12.0. The van der Waals surface area contributed by atoms with Gasteiger partial charge in [0.25, 0.3) is 5.91 Å². The molecule has 0 spiro atoms. The molecule has 1 aliphatic heterocycles. The number of nitrogens with zero attached hydrogens (tertiary/aromatic N) is 1. The topological polar surface area (TPSA) is 40.5 Å². The zero-order chi connectivity index (χ0) is 10.8. The van der Waals surface area contributed by atoms with Crippen LogP contribution in [0.15, 0.2) is 15.2 Å². The molecule has 1 aromatic rings. The highest BCUT2D eigenvalue weighted by Gasteiger charge is 2.28. The Kier molecular flexibility index (Phi) is 3.43. The van der Waals surface area contributed by atoms with Crippen LogP contribution >= 0.6 is 27.3 Å². The Morgan fingerprint density at radius 3 is 3.13 bits per heavy atom. The van der Waals surface area contributed by atoms with E-state index in [-0.39, 0.29) is 18.6 Å². The van der Waals surface area contributed by atoms with Crippen LogP contribution < -0.4 is 0 Å². The van der Waals surface area contributed by atoms with Gasteiger partial charge in [-0.15, -0.1) is 11.3 Å². The molecule has 0 aromatic carbocycles. The van der Waals surface area contributed by atoms with Gasteiger partial charge < -0.3 is 10.0 Å². The largest absolute Gasteiger partial charge is 0.394 e. The predicted molar refractivity (Wildman–Crippen MR) is 63.2 cm³/mol. The molecule has 1 unspecified atom stereocenters. The second-order valence-electron chi connectivity index (χ2n) is 3.62. The van der Waals surface area contributed by atoms with Gasteiger partial charge in [0.1, 0.15) is 0 Å². The van der Waals surface area contributed by atoms with Crippen molar-refractivity contribution in [3.8, 4) is 0 Å². The van der Waals surface area contributed by atoms with Crippen molar-refractivity contribution in [3.05, 3.63) is 20.8 Å². The minimum absolute atomic E-state index is 0.0103. The molecule has 82 valence electrons. The molecule has 5 heteroatoms. The van der Waals surface area contributed by atoms with E-state index < -0.39 is 0 Å². The van der Waals surface area contributed by atoms with Crippen LogP contribution in [-0.4, -0.2) is 35.1 Å². The summed E-state index contributed by atoms with van der Waals surface area (Å²) in [5.74, 6) is 0.0356. The van der Waals surface area contributed by atoms with Crippen LogP contribution in [0.3, 0.4) is 0 Å². The van der Waals surface area contributed by atoms with Gasteiger partial charge in [-0.25, -0.2) is 0 Å². The summed E-state index contributed by atoms with van der Waals surface area (Å²) in [6, 6.07) is 1.84. The van der Waals surface area contributed by atoms with Crippen LogP contribution in [0, 0.1) is 0 Å². The van der Waals surface area contributed by atoms with E-state index in [1.54, 1.807) is 4.90 Å². The van der Waals surface area contributed by atoms with E-state index in [1.165, 1.54) is 11.3 Å². The Balaban J connectivity index is 2.13. The van der Waals surface area contributed by atoms with Crippen molar-refractivity contribution in [2.75, 3.05) is 13.2 Å². The Morgan fingerprint density at radius 2 is 2.53 bits per heavy atom. The van der Waals surface area contributed by atoms with Gasteiger partial charge in [0, 0.05) is 11.9 Å². The number of hydrogen-bond donors (Lipinski definition) is 1. The van der Waals surface area contributed by atoms with E-state index in [4.69, 9.17) is 5.11 Å². The number of hydrogen-bond acceptors (Lipinski definition) is 3. The highest BCUT2D eigenvalue weighted by Crippen LogP contribution is 2.25. The third kappa shape index (κ3) is 2.24. The van der Waals surface area contributed by atoms with Gasteiger partial charge in [0.15, 0.2) is 0 Å². The highest BCUT2D eigenvalue weighted by molar-refractivity contribution is 9.11. The average Bonchev–Trinajstić information content (AvgIpc) is 2.84. The molecule has 2 heterocycles. The van der Waals surface area contributed by atoms with E-state index in [2.05, 4.69) is 15.9 Å². The average molecular weight is 290 g/mol. The van der Waals surface area contributed by atoms with E-state index in [0.29, 0.717) is 5.56 Å². The number of aliphatic hydroxyl groups excluding tert-OH is 1. The van der Waals surface area contributed by atoms with E-state index >= 15 is 0 Å². The van der Waals surface area contributed by atoms with E-state index in [9.17, 15) is 4.79 Å². The monoisotopic (exact) mass is 289 g/mol. The molecule has 0 bridgehead atoms. The summed E-state index contributed by atoms with van der Waals surface area (Å²) < 4.78 is 0.964. The van der Waals surface area contributed by atoms with Crippen molar-refractivity contribution in [2.45, 2.75) is 18.9 Å². The Hall–Kier alpha value is -0.390. The standard InChI is InChI=1S/C10H12BrNO2S/c11-9-4-7(6-15-9)10(14)12-3-1-2-8(12)5-13/h4,6,8,13H,1-3,5H2. The fourth-order valence-electron chi connectivity index (χ4n) is 1.88. The number of halogens is 1. The molecule has 1 aromatic heterocycles. The highest BCUT2D eigenvalue weighted by atomic mass is 79.9. The minimum atomic E-state index is 0.0103. The number of thiophene rings is 1. The van der Waals surface area contributed by atoms with Crippen LogP contribution in [0.25, 0.3) is 0 Å². The molecule has 0 radical (unpaired) electrons. The van der Waals surface area contributed by atoms with Crippen LogP contribution in [0.1, 0.15) is 23.2 Å². The molecule has 1 aliphatic rings. The van der Waals surface area contributed by atoms with Crippen LogP contribution in [0.2, 0.25) is 0 Å². The lowest BCUT2D eigenvalue weighted by atomic mass is 10.2. The molecule has 0 aliphatic carbocycles. The van der Waals surface area contributed by atoms with Gasteiger partial charge in [-0.2, -0.15) is 0 Å². The molecule has 1 amide bonds. The van der Waals surface area contributed by atoms with Gasteiger partial charge in [-0.3, -0.25) is 4.79 Å². The van der Waals surface area contributed by atoms with Gasteiger partial charge >= 0.3 is 0 Å². The summed E-state index contributed by atoms with van der Waals surface area (Å²) in [5.41, 5.74) is 0.715. The van der Waals surface area contributed by atoms with Gasteiger partial charge in [0.2, 0.25) is 0 Å². The fraction of sp³-hybridized carbons (Fsp3) is 0.500. The Morgan fingerprint density at radius 1 is 1.73 bits per heavy atom. The maximum Gasteiger partial charge on any atom is 0.255 e. The van der Waals surface area contributed by atoms with Crippen molar-refractivity contribution in [3.63, 3.8) is 0 Å². The smallest absolute Gasteiger partial charge is 0.255 e. The van der Waals surface area contributed by atoms with Crippen molar-refractivity contribution >= 4 is 33.2 Å². The Bertz CT molecular complexity index is 366. The van der Waals surface area contributed by atoms with Crippen molar-refractivity contribution in [1.29, 1.82) is 0 Å². The van der Waals surface area contributed by atoms with E-state index in [1.807, 2.05) is 11.4 Å². The summed E-state index contributed by atoms with van der Waals surface area (Å²) in [5, 5.41) is 11.0. The zero-order valence-corrected chi connectivity index (χ0v) is 10.6. The normalized spacial score (nSPS) is 20.9. The Labute approximate surface area is 101 Å². The number of rotatable bonds is 2. The first-order valence-electron chi connectivity index (χ1n) is 4.88.